The molecule has 1 heterocycles. The van der Waals surface area contributed by atoms with E-state index in [2.05, 4.69) is 16.0 Å². The number of carbonyl (C=O) groups excluding carboxylic acids is 3. The molecule has 2 aliphatic rings. The molecule has 1 saturated heterocycles. The Morgan fingerprint density at radius 2 is 1.97 bits per heavy atom. The van der Waals surface area contributed by atoms with Crippen LogP contribution in [-0.2, 0) is 30.9 Å². The Bertz CT molecular complexity index is 1100. The molecule has 1 aliphatic heterocycles. The summed E-state index contributed by atoms with van der Waals surface area (Å²) in [6.45, 7) is 3.99. The van der Waals surface area contributed by atoms with Crippen LogP contribution in [0.4, 0.5) is 4.79 Å². The number of hydrogen-bond donors (Lipinski definition) is 5. The van der Waals surface area contributed by atoms with E-state index < -0.39 is 51.2 Å². The Balaban J connectivity index is 1.68. The summed E-state index contributed by atoms with van der Waals surface area (Å²) in [6.07, 6.45) is 1.02. The second-order valence-corrected chi connectivity index (χ2v) is 11.7. The van der Waals surface area contributed by atoms with E-state index in [1.807, 2.05) is 13.8 Å². The smallest absolute Gasteiger partial charge is 0.408 e. The minimum Gasteiger partial charge on any atom is -0.746 e. The number of ether oxygens (including phenoxy) is 1. The van der Waals surface area contributed by atoms with Crippen molar-refractivity contribution in [1.82, 2.24) is 16.0 Å². The third-order valence-electron chi connectivity index (χ3n) is 6.54. The monoisotopic (exact) mass is 540 g/mol. The van der Waals surface area contributed by atoms with E-state index in [4.69, 9.17) is 4.74 Å². The van der Waals surface area contributed by atoms with E-state index in [-0.39, 0.29) is 30.4 Å². The zero-order chi connectivity index (χ0) is 27.4. The van der Waals surface area contributed by atoms with Gasteiger partial charge in [0.15, 0.2) is 5.44 Å². The number of aliphatic hydroxyl groups excluding tert-OH is 1. The van der Waals surface area contributed by atoms with Gasteiger partial charge >= 0.3 is 6.09 Å². The van der Waals surface area contributed by atoms with Crippen molar-refractivity contribution in [3.8, 4) is 5.75 Å². The summed E-state index contributed by atoms with van der Waals surface area (Å²) < 4.78 is 40.1. The molecular formula is C24H34N3O9S-. The summed E-state index contributed by atoms with van der Waals surface area (Å²) in [5.74, 6) is -1.83. The van der Waals surface area contributed by atoms with Crippen molar-refractivity contribution < 1.29 is 42.3 Å². The molecule has 13 heteroatoms. The van der Waals surface area contributed by atoms with Crippen molar-refractivity contribution in [3.63, 3.8) is 0 Å². The zero-order valence-electron chi connectivity index (χ0n) is 20.8. The van der Waals surface area contributed by atoms with Crippen molar-refractivity contribution in [1.29, 1.82) is 0 Å². The Kier molecular flexibility index (Phi) is 9.03. The highest BCUT2D eigenvalue weighted by molar-refractivity contribution is 7.86. The van der Waals surface area contributed by atoms with E-state index in [0.29, 0.717) is 32.2 Å². The maximum absolute atomic E-state index is 13.1. The molecule has 2 fully saturated rings. The van der Waals surface area contributed by atoms with E-state index in [1.165, 1.54) is 6.07 Å². The van der Waals surface area contributed by atoms with Gasteiger partial charge in [0, 0.05) is 18.9 Å². The van der Waals surface area contributed by atoms with Crippen LogP contribution in [-0.4, -0.2) is 70.8 Å². The molecule has 5 N–H and O–H groups in total. The fourth-order valence-electron chi connectivity index (χ4n) is 4.47. The quantitative estimate of drug-likeness (QED) is 0.234. The third kappa shape index (κ3) is 8.30. The van der Waals surface area contributed by atoms with Gasteiger partial charge in [-0.05, 0) is 55.7 Å². The second-order valence-electron chi connectivity index (χ2n) is 10.3. The first-order valence-electron chi connectivity index (χ1n) is 12.3. The average Bonchev–Trinajstić information content (AvgIpc) is 3.41. The lowest BCUT2D eigenvalue weighted by molar-refractivity contribution is -0.126. The standard InChI is InChI=1S/C24H35N3O9S/c1-14(2)10-18(27-23(32)36-24(7-8-24)13-15-4-3-5-17(28)11-15)21(30)26-19(22(31)37(33,34)35)12-16-6-9-25-20(16)29/h3-5,11,14,16,18-19,22,28,31H,6-10,12-13H2,1-2H3,(H,25,29)(H,26,30)(H,27,32)(H,33,34,35)/p-1/t16-,18-,19-,22?/m0/s1. The Hall–Kier alpha value is -2.90. The molecule has 1 aromatic carbocycles. The van der Waals surface area contributed by atoms with Crippen molar-refractivity contribution in [2.45, 2.75) is 75.5 Å². The van der Waals surface area contributed by atoms with Gasteiger partial charge in [-0.2, -0.15) is 0 Å². The predicted octanol–water partition coefficient (Wildman–Crippen LogP) is 0.483. The van der Waals surface area contributed by atoms with Crippen LogP contribution in [0, 0.1) is 11.8 Å². The first-order valence-corrected chi connectivity index (χ1v) is 13.7. The van der Waals surface area contributed by atoms with Crippen LogP contribution in [0.3, 0.4) is 0 Å². The summed E-state index contributed by atoms with van der Waals surface area (Å²) in [4.78, 5) is 37.8. The molecule has 0 bridgehead atoms. The second kappa shape index (κ2) is 11.7. The van der Waals surface area contributed by atoms with Crippen LogP contribution in [0.1, 0.15) is 51.5 Å². The lowest BCUT2D eigenvalue weighted by atomic mass is 9.97. The van der Waals surface area contributed by atoms with E-state index >= 15 is 0 Å². The topological polar surface area (TPSA) is 194 Å². The molecule has 12 nitrogen and oxygen atoms in total. The first kappa shape index (κ1) is 28.7. The number of nitrogens with one attached hydrogen (secondary N) is 3. The Labute approximate surface area is 215 Å². The number of phenolic OH excluding ortho intramolecular Hbond substituents is 1. The number of hydrogen-bond acceptors (Lipinski definition) is 9. The normalized spacial score (nSPS) is 21.0. The van der Waals surface area contributed by atoms with Gasteiger partial charge < -0.3 is 35.5 Å². The van der Waals surface area contributed by atoms with Crippen LogP contribution in [0.15, 0.2) is 24.3 Å². The highest BCUT2D eigenvalue weighted by Crippen LogP contribution is 2.43. The number of aromatic hydroxyl groups is 1. The summed E-state index contributed by atoms with van der Waals surface area (Å²) in [6, 6.07) is 3.91. The fourth-order valence-corrected chi connectivity index (χ4v) is 5.05. The van der Waals surface area contributed by atoms with Gasteiger partial charge in [-0.15, -0.1) is 0 Å². The highest BCUT2D eigenvalue weighted by atomic mass is 32.2. The maximum atomic E-state index is 13.1. The summed E-state index contributed by atoms with van der Waals surface area (Å²) >= 11 is 0. The summed E-state index contributed by atoms with van der Waals surface area (Å²) in [5.41, 5.74) is -2.44. The first-order chi connectivity index (χ1) is 17.3. The van der Waals surface area contributed by atoms with Crippen LogP contribution < -0.4 is 16.0 Å². The molecule has 37 heavy (non-hydrogen) atoms. The lowest BCUT2D eigenvalue weighted by Crippen LogP contribution is -2.55. The van der Waals surface area contributed by atoms with Crippen molar-refractivity contribution >= 4 is 28.0 Å². The highest BCUT2D eigenvalue weighted by Gasteiger charge is 2.47. The molecule has 1 unspecified atom stereocenters. The van der Waals surface area contributed by atoms with Crippen molar-refractivity contribution in [2.75, 3.05) is 6.54 Å². The minimum atomic E-state index is -5.20. The number of benzene rings is 1. The fraction of sp³-hybridized carbons (Fsp3) is 0.625. The van der Waals surface area contributed by atoms with E-state index in [0.717, 1.165) is 5.56 Å². The largest absolute Gasteiger partial charge is 0.746 e. The zero-order valence-corrected chi connectivity index (χ0v) is 21.6. The average molecular weight is 541 g/mol. The van der Waals surface area contributed by atoms with Gasteiger partial charge in [0.05, 0.1) is 6.04 Å². The van der Waals surface area contributed by atoms with Gasteiger partial charge in [-0.3, -0.25) is 9.59 Å². The van der Waals surface area contributed by atoms with Crippen LogP contribution in [0.5, 0.6) is 5.75 Å². The molecular weight excluding hydrogens is 506 g/mol. The molecule has 0 spiro atoms. The van der Waals surface area contributed by atoms with Gasteiger partial charge in [-0.1, -0.05) is 26.0 Å². The number of alkyl carbamates (subject to hydrolysis) is 1. The molecule has 1 saturated carbocycles. The lowest BCUT2D eigenvalue weighted by Gasteiger charge is -2.30. The molecule has 0 radical (unpaired) electrons. The van der Waals surface area contributed by atoms with Gasteiger partial charge in [0.25, 0.3) is 0 Å². The molecule has 0 aromatic heterocycles. The minimum absolute atomic E-state index is 0.0644. The third-order valence-corrected chi connectivity index (χ3v) is 7.46. The predicted molar refractivity (Wildman–Crippen MR) is 130 cm³/mol. The van der Waals surface area contributed by atoms with E-state index in [9.17, 15) is 37.6 Å². The number of amides is 3. The van der Waals surface area contributed by atoms with Crippen molar-refractivity contribution in [3.05, 3.63) is 29.8 Å². The SMILES string of the molecule is CC(C)C[C@H](NC(=O)OC1(Cc2cccc(O)c2)CC1)C(=O)N[C@@H](C[C@@H]1CCNC1=O)C(O)S(=O)(=O)[O-]. The number of carbonyl (C=O) groups is 3. The molecule has 3 amide bonds. The number of aliphatic hydroxyl groups is 1. The molecule has 4 atom stereocenters. The van der Waals surface area contributed by atoms with Crippen molar-refractivity contribution in [2.24, 2.45) is 11.8 Å². The molecule has 1 aliphatic carbocycles. The summed E-state index contributed by atoms with van der Waals surface area (Å²) in [5, 5.41) is 27.3. The Morgan fingerprint density at radius 1 is 1.27 bits per heavy atom. The van der Waals surface area contributed by atoms with Gasteiger partial charge in [0.1, 0.15) is 27.5 Å². The molecule has 206 valence electrons. The Morgan fingerprint density at radius 3 is 2.51 bits per heavy atom. The summed E-state index contributed by atoms with van der Waals surface area (Å²) in [7, 11) is -5.20. The molecule has 1 aromatic rings. The van der Waals surface area contributed by atoms with Gasteiger partial charge in [-0.25, -0.2) is 13.2 Å². The number of phenols is 1. The van der Waals surface area contributed by atoms with Gasteiger partial charge in [0.2, 0.25) is 11.8 Å². The number of rotatable bonds is 12. The van der Waals surface area contributed by atoms with Crippen LogP contribution in [0.25, 0.3) is 0 Å². The van der Waals surface area contributed by atoms with E-state index in [1.54, 1.807) is 18.2 Å². The maximum Gasteiger partial charge on any atom is 0.408 e. The van der Waals surface area contributed by atoms with Crippen LogP contribution in [0.2, 0.25) is 0 Å². The molecule has 3 rings (SSSR count). The van der Waals surface area contributed by atoms with Crippen LogP contribution >= 0.6 is 0 Å².